The first-order valence-electron chi connectivity index (χ1n) is 8.55. The molecule has 0 radical (unpaired) electrons. The van der Waals surface area contributed by atoms with Crippen LogP contribution in [-0.2, 0) is 16.1 Å². The first-order chi connectivity index (χ1) is 12.4. The van der Waals surface area contributed by atoms with E-state index in [2.05, 4.69) is 51.0 Å². The Labute approximate surface area is 146 Å². The molecule has 6 nitrogen and oxygen atoms in total. The molecule has 1 N–H and O–H groups in total. The number of benzene rings is 2. The molecule has 2 heterocycles. The van der Waals surface area contributed by atoms with Gasteiger partial charge in [-0.15, -0.1) is 10.2 Å². The lowest BCUT2D eigenvalue weighted by atomic mass is 9.98. The largest absolute Gasteiger partial charge is 0.353 e. The number of nitrogens with one attached hydrogen (secondary N) is 1. The summed E-state index contributed by atoms with van der Waals surface area (Å²) in [6.45, 7) is 1.37. The molecule has 0 saturated carbocycles. The van der Waals surface area contributed by atoms with Crippen molar-refractivity contribution in [1.29, 1.82) is 0 Å². The molecule has 2 aromatic carbocycles. The highest BCUT2D eigenvalue weighted by atomic mass is 16.7. The van der Waals surface area contributed by atoms with Gasteiger partial charge in [0.05, 0.1) is 6.61 Å². The van der Waals surface area contributed by atoms with E-state index in [1.165, 1.54) is 6.42 Å². The van der Waals surface area contributed by atoms with Crippen molar-refractivity contribution in [3.63, 3.8) is 0 Å². The van der Waals surface area contributed by atoms with E-state index in [0.29, 0.717) is 12.4 Å². The fraction of sp³-hybridized carbons (Fsp3) is 0.316. The van der Waals surface area contributed by atoms with E-state index in [-0.39, 0.29) is 6.29 Å². The summed E-state index contributed by atoms with van der Waals surface area (Å²) in [4.78, 5) is 0. The van der Waals surface area contributed by atoms with Gasteiger partial charge in [-0.05, 0) is 41.2 Å². The second-order valence-electron chi connectivity index (χ2n) is 6.09. The van der Waals surface area contributed by atoms with Crippen LogP contribution in [0.3, 0.4) is 0 Å². The molecule has 4 rings (SSSR count). The van der Waals surface area contributed by atoms with Gasteiger partial charge in [0.25, 0.3) is 0 Å². The number of ether oxygens (including phenoxy) is 2. The Hall–Kier alpha value is -2.57. The Kier molecular flexibility index (Phi) is 4.81. The molecular weight excluding hydrogens is 316 g/mol. The second kappa shape index (κ2) is 7.55. The Balaban J connectivity index is 1.49. The maximum absolute atomic E-state index is 5.84. The molecule has 1 fully saturated rings. The molecule has 0 amide bonds. The highest BCUT2D eigenvalue weighted by Crippen LogP contribution is 2.29. The quantitative estimate of drug-likeness (QED) is 0.771. The maximum atomic E-state index is 5.84. The summed E-state index contributed by atoms with van der Waals surface area (Å²) >= 11 is 0. The first-order valence-corrected chi connectivity index (χ1v) is 8.55. The van der Waals surface area contributed by atoms with Crippen LogP contribution in [0.4, 0.5) is 0 Å². The Bertz CT molecular complexity index is 797. The standard InChI is InChI=1S/C19H20N4O2/c1-2-6-17(19-20-22-23-21-19)16(5-1)15-10-8-14(9-11-15)13-25-18-7-3-4-12-24-18/h1-2,5-6,8-11,18H,3-4,7,12-13H2,(H,20,21,22,23). The molecule has 128 valence electrons. The zero-order valence-electron chi connectivity index (χ0n) is 13.9. The second-order valence-corrected chi connectivity index (χ2v) is 6.09. The van der Waals surface area contributed by atoms with Gasteiger partial charge in [-0.25, -0.2) is 0 Å². The lowest BCUT2D eigenvalue weighted by Crippen LogP contribution is -2.21. The van der Waals surface area contributed by atoms with E-state index < -0.39 is 0 Å². The summed E-state index contributed by atoms with van der Waals surface area (Å²) < 4.78 is 11.4. The number of H-pyrrole nitrogens is 1. The predicted octanol–water partition coefficient (Wildman–Crippen LogP) is 3.58. The van der Waals surface area contributed by atoms with Gasteiger partial charge >= 0.3 is 0 Å². The third-order valence-electron chi connectivity index (χ3n) is 4.35. The zero-order valence-corrected chi connectivity index (χ0v) is 13.9. The minimum Gasteiger partial charge on any atom is -0.353 e. The number of hydrogen-bond acceptors (Lipinski definition) is 5. The van der Waals surface area contributed by atoms with E-state index in [0.717, 1.165) is 41.7 Å². The van der Waals surface area contributed by atoms with Crippen molar-refractivity contribution in [3.05, 3.63) is 54.1 Å². The molecule has 3 aromatic rings. The van der Waals surface area contributed by atoms with Crippen LogP contribution in [0.5, 0.6) is 0 Å². The summed E-state index contributed by atoms with van der Waals surface area (Å²) in [5.74, 6) is 0.595. The first kappa shape index (κ1) is 15.9. The fourth-order valence-corrected chi connectivity index (χ4v) is 3.02. The lowest BCUT2D eigenvalue weighted by Gasteiger charge is -2.22. The van der Waals surface area contributed by atoms with Crippen LogP contribution in [-0.4, -0.2) is 33.5 Å². The summed E-state index contributed by atoms with van der Waals surface area (Å²) in [5.41, 5.74) is 4.27. The number of aromatic nitrogens is 4. The zero-order chi connectivity index (χ0) is 16.9. The highest BCUT2D eigenvalue weighted by molar-refractivity contribution is 5.80. The molecule has 1 aliphatic rings. The number of hydrogen-bond donors (Lipinski definition) is 1. The van der Waals surface area contributed by atoms with Crippen molar-refractivity contribution >= 4 is 0 Å². The molecule has 1 atom stereocenters. The lowest BCUT2D eigenvalue weighted by molar-refractivity contribution is -0.168. The van der Waals surface area contributed by atoms with Crippen LogP contribution in [0.1, 0.15) is 24.8 Å². The molecule has 25 heavy (non-hydrogen) atoms. The third-order valence-corrected chi connectivity index (χ3v) is 4.35. The number of nitrogens with zero attached hydrogens (tertiary/aromatic N) is 3. The van der Waals surface area contributed by atoms with Crippen molar-refractivity contribution in [2.24, 2.45) is 0 Å². The monoisotopic (exact) mass is 336 g/mol. The minimum atomic E-state index is -0.0626. The van der Waals surface area contributed by atoms with Crippen molar-refractivity contribution in [2.45, 2.75) is 32.2 Å². The van der Waals surface area contributed by atoms with Crippen LogP contribution in [0.25, 0.3) is 22.5 Å². The normalized spacial score (nSPS) is 17.5. The van der Waals surface area contributed by atoms with Gasteiger partial charge in [-0.1, -0.05) is 48.5 Å². The van der Waals surface area contributed by atoms with Gasteiger partial charge in [0.1, 0.15) is 0 Å². The molecule has 1 unspecified atom stereocenters. The molecule has 1 aromatic heterocycles. The van der Waals surface area contributed by atoms with Crippen molar-refractivity contribution in [1.82, 2.24) is 20.6 Å². The number of tetrazole rings is 1. The van der Waals surface area contributed by atoms with E-state index in [1.807, 2.05) is 18.2 Å². The van der Waals surface area contributed by atoms with Gasteiger partial charge in [0, 0.05) is 12.2 Å². The van der Waals surface area contributed by atoms with Crippen LogP contribution in [0.2, 0.25) is 0 Å². The van der Waals surface area contributed by atoms with Crippen LogP contribution in [0.15, 0.2) is 48.5 Å². The van der Waals surface area contributed by atoms with E-state index >= 15 is 0 Å². The average molecular weight is 336 g/mol. The Morgan fingerprint density at radius 3 is 2.60 bits per heavy atom. The summed E-state index contributed by atoms with van der Waals surface area (Å²) in [6.07, 6.45) is 3.23. The van der Waals surface area contributed by atoms with Gasteiger partial charge < -0.3 is 9.47 Å². The summed E-state index contributed by atoms with van der Waals surface area (Å²) in [5, 5.41) is 14.3. The molecule has 0 bridgehead atoms. The van der Waals surface area contributed by atoms with Crippen molar-refractivity contribution in [2.75, 3.05) is 6.61 Å². The van der Waals surface area contributed by atoms with Crippen molar-refractivity contribution in [3.8, 4) is 22.5 Å². The van der Waals surface area contributed by atoms with E-state index in [1.54, 1.807) is 0 Å². The summed E-state index contributed by atoms with van der Waals surface area (Å²) in [6, 6.07) is 16.4. The Morgan fingerprint density at radius 1 is 1.04 bits per heavy atom. The van der Waals surface area contributed by atoms with E-state index in [9.17, 15) is 0 Å². The van der Waals surface area contributed by atoms with Crippen LogP contribution < -0.4 is 0 Å². The van der Waals surface area contributed by atoms with Crippen LogP contribution in [0, 0.1) is 0 Å². The predicted molar refractivity (Wildman–Crippen MR) is 93.4 cm³/mol. The van der Waals surface area contributed by atoms with Gasteiger partial charge in [0.15, 0.2) is 6.29 Å². The molecule has 0 aliphatic carbocycles. The number of rotatable bonds is 5. The third kappa shape index (κ3) is 3.75. The maximum Gasteiger partial charge on any atom is 0.205 e. The minimum absolute atomic E-state index is 0.0626. The van der Waals surface area contributed by atoms with Crippen LogP contribution >= 0.6 is 0 Å². The molecule has 1 saturated heterocycles. The topological polar surface area (TPSA) is 72.9 Å². The molecular formula is C19H20N4O2. The smallest absolute Gasteiger partial charge is 0.205 e. The highest BCUT2D eigenvalue weighted by Gasteiger charge is 2.14. The molecule has 1 aliphatic heterocycles. The number of aromatic amines is 1. The Morgan fingerprint density at radius 2 is 1.88 bits per heavy atom. The fourth-order valence-electron chi connectivity index (χ4n) is 3.02. The SMILES string of the molecule is c1ccc(-c2nn[nH]n2)c(-c2ccc(COC3CCCCO3)cc2)c1. The van der Waals surface area contributed by atoms with Gasteiger partial charge in [-0.2, -0.15) is 5.21 Å². The van der Waals surface area contributed by atoms with E-state index in [4.69, 9.17) is 9.47 Å². The molecule has 0 spiro atoms. The summed E-state index contributed by atoms with van der Waals surface area (Å²) in [7, 11) is 0. The van der Waals surface area contributed by atoms with Gasteiger partial charge in [0.2, 0.25) is 5.82 Å². The van der Waals surface area contributed by atoms with Crippen molar-refractivity contribution < 1.29 is 9.47 Å². The molecule has 6 heteroatoms. The van der Waals surface area contributed by atoms with Gasteiger partial charge in [-0.3, -0.25) is 0 Å². The average Bonchev–Trinajstić information content (AvgIpc) is 3.22.